The summed E-state index contributed by atoms with van der Waals surface area (Å²) in [7, 11) is 0. The molecule has 5 N–H and O–H groups in total. The minimum absolute atomic E-state index is 0.553. The van der Waals surface area contributed by atoms with E-state index in [2.05, 4.69) is 15.9 Å². The van der Waals surface area contributed by atoms with E-state index < -0.39 is 6.03 Å². The highest BCUT2D eigenvalue weighted by molar-refractivity contribution is 9.10. The molecule has 1 aromatic rings. The Kier molecular flexibility index (Phi) is 3.24. The number of rotatable bonds is 1. The molecule has 13 heavy (non-hydrogen) atoms. The number of halogens is 1. The first-order chi connectivity index (χ1) is 6.15. The van der Waals surface area contributed by atoms with E-state index in [1.54, 1.807) is 18.2 Å². The summed E-state index contributed by atoms with van der Waals surface area (Å²) in [5.41, 5.74) is 2.48. The van der Waals surface area contributed by atoms with Gasteiger partial charge in [0.1, 0.15) is 0 Å². The first kappa shape index (κ1) is 9.97. The smallest absolute Gasteiger partial charge is 0.274 e. The van der Waals surface area contributed by atoms with Crippen molar-refractivity contribution in [3.8, 4) is 0 Å². The fourth-order valence-electron chi connectivity index (χ4n) is 0.813. The van der Waals surface area contributed by atoms with Gasteiger partial charge in [0.15, 0.2) is 0 Å². The molecular formula is C7H9BrN4O. The lowest BCUT2D eigenvalue weighted by molar-refractivity contribution is 0.246. The SMILES string of the molecule is NNC(=O)N(N)c1cccc(Br)c1. The number of nitrogens with two attached hydrogens (primary N) is 2. The van der Waals surface area contributed by atoms with Gasteiger partial charge in [0.2, 0.25) is 0 Å². The summed E-state index contributed by atoms with van der Waals surface area (Å²) in [6, 6.07) is 6.42. The molecule has 0 radical (unpaired) electrons. The lowest BCUT2D eigenvalue weighted by Crippen LogP contribution is -2.47. The van der Waals surface area contributed by atoms with Crippen molar-refractivity contribution in [3.05, 3.63) is 28.7 Å². The number of nitrogens with one attached hydrogen (secondary N) is 1. The number of hydrazine groups is 2. The van der Waals surface area contributed by atoms with E-state index in [9.17, 15) is 4.79 Å². The summed E-state index contributed by atoms with van der Waals surface area (Å²) in [6.45, 7) is 0. The molecule has 0 fully saturated rings. The summed E-state index contributed by atoms with van der Waals surface area (Å²) in [5.74, 6) is 10.4. The lowest BCUT2D eigenvalue weighted by Gasteiger charge is -2.15. The Morgan fingerprint density at radius 1 is 1.54 bits per heavy atom. The highest BCUT2D eigenvalue weighted by Gasteiger charge is 2.08. The number of amides is 2. The third kappa shape index (κ3) is 2.41. The largest absolute Gasteiger partial charge is 0.350 e. The minimum Gasteiger partial charge on any atom is -0.274 e. The number of carbonyl (C=O) groups is 1. The van der Waals surface area contributed by atoms with Crippen LogP contribution < -0.4 is 22.1 Å². The number of urea groups is 1. The van der Waals surface area contributed by atoms with Crippen LogP contribution in [-0.2, 0) is 0 Å². The van der Waals surface area contributed by atoms with Gasteiger partial charge in [-0.25, -0.2) is 21.5 Å². The van der Waals surface area contributed by atoms with Crippen LogP contribution in [0.15, 0.2) is 28.7 Å². The van der Waals surface area contributed by atoms with Crippen LogP contribution in [0.3, 0.4) is 0 Å². The normalized spacial score (nSPS) is 9.46. The fraction of sp³-hybridized carbons (Fsp3) is 0. The van der Waals surface area contributed by atoms with Gasteiger partial charge in [-0.2, -0.15) is 0 Å². The number of carbonyl (C=O) groups excluding carboxylic acids is 1. The average Bonchev–Trinajstić information content (AvgIpc) is 2.15. The molecule has 0 aromatic heterocycles. The molecule has 0 bridgehead atoms. The van der Waals surface area contributed by atoms with Crippen LogP contribution in [0.2, 0.25) is 0 Å². The molecule has 5 nitrogen and oxygen atoms in total. The molecule has 0 atom stereocenters. The van der Waals surface area contributed by atoms with Crippen LogP contribution in [0.4, 0.5) is 10.5 Å². The van der Waals surface area contributed by atoms with Crippen LogP contribution in [0.1, 0.15) is 0 Å². The topological polar surface area (TPSA) is 84.4 Å². The molecule has 0 saturated carbocycles. The van der Waals surface area contributed by atoms with Gasteiger partial charge >= 0.3 is 6.03 Å². The van der Waals surface area contributed by atoms with Crippen LogP contribution in [-0.4, -0.2) is 6.03 Å². The molecule has 0 saturated heterocycles. The summed E-state index contributed by atoms with van der Waals surface area (Å²) in [6.07, 6.45) is 0. The highest BCUT2D eigenvalue weighted by Crippen LogP contribution is 2.17. The van der Waals surface area contributed by atoms with E-state index in [-0.39, 0.29) is 0 Å². The Bertz CT molecular complexity index is 317. The number of nitrogens with zero attached hydrogens (tertiary/aromatic N) is 1. The maximum Gasteiger partial charge on any atom is 0.350 e. The minimum atomic E-state index is -0.571. The summed E-state index contributed by atoms with van der Waals surface area (Å²) in [4.78, 5) is 11.0. The third-order valence-corrected chi connectivity index (χ3v) is 1.92. The zero-order chi connectivity index (χ0) is 9.84. The van der Waals surface area contributed by atoms with Gasteiger partial charge in [-0.3, -0.25) is 5.43 Å². The van der Waals surface area contributed by atoms with E-state index in [0.29, 0.717) is 5.69 Å². The second kappa shape index (κ2) is 4.22. The first-order valence-electron chi connectivity index (χ1n) is 3.46. The van der Waals surface area contributed by atoms with Crippen molar-refractivity contribution in [2.75, 3.05) is 5.01 Å². The molecule has 0 spiro atoms. The third-order valence-electron chi connectivity index (χ3n) is 1.43. The molecule has 0 aliphatic rings. The molecule has 0 aliphatic heterocycles. The van der Waals surface area contributed by atoms with Crippen molar-refractivity contribution in [2.45, 2.75) is 0 Å². The van der Waals surface area contributed by atoms with Crippen molar-refractivity contribution >= 4 is 27.6 Å². The van der Waals surface area contributed by atoms with Crippen molar-refractivity contribution in [1.29, 1.82) is 0 Å². The summed E-state index contributed by atoms with van der Waals surface area (Å²) >= 11 is 3.26. The Morgan fingerprint density at radius 3 is 2.77 bits per heavy atom. The van der Waals surface area contributed by atoms with Crippen molar-refractivity contribution in [3.63, 3.8) is 0 Å². The average molecular weight is 245 g/mol. The van der Waals surface area contributed by atoms with Crippen LogP contribution in [0.25, 0.3) is 0 Å². The fourth-order valence-corrected chi connectivity index (χ4v) is 1.20. The van der Waals surface area contributed by atoms with E-state index in [0.717, 1.165) is 9.48 Å². The predicted octanol–water partition coefficient (Wildman–Crippen LogP) is 0.713. The van der Waals surface area contributed by atoms with E-state index in [1.807, 2.05) is 11.5 Å². The van der Waals surface area contributed by atoms with Crippen LogP contribution in [0, 0.1) is 0 Å². The van der Waals surface area contributed by atoms with Gasteiger partial charge in [-0.15, -0.1) is 0 Å². The van der Waals surface area contributed by atoms with Crippen molar-refractivity contribution in [2.24, 2.45) is 11.7 Å². The zero-order valence-corrected chi connectivity index (χ0v) is 8.28. The van der Waals surface area contributed by atoms with Gasteiger partial charge in [0, 0.05) is 4.47 Å². The van der Waals surface area contributed by atoms with Gasteiger partial charge in [-0.1, -0.05) is 22.0 Å². The number of anilines is 1. The van der Waals surface area contributed by atoms with Crippen LogP contribution >= 0.6 is 15.9 Å². The molecule has 6 heteroatoms. The monoisotopic (exact) mass is 244 g/mol. The molecule has 0 heterocycles. The molecule has 1 aromatic carbocycles. The van der Waals surface area contributed by atoms with E-state index in [1.165, 1.54) is 0 Å². The predicted molar refractivity (Wildman–Crippen MR) is 53.5 cm³/mol. The zero-order valence-electron chi connectivity index (χ0n) is 6.70. The Morgan fingerprint density at radius 2 is 2.23 bits per heavy atom. The Labute approximate surface area is 83.8 Å². The highest BCUT2D eigenvalue weighted by atomic mass is 79.9. The molecule has 1 rings (SSSR count). The van der Waals surface area contributed by atoms with Gasteiger partial charge in [-0.05, 0) is 18.2 Å². The molecule has 2 amide bonds. The van der Waals surface area contributed by atoms with Crippen molar-refractivity contribution < 1.29 is 4.79 Å². The van der Waals surface area contributed by atoms with Gasteiger partial charge in [0.25, 0.3) is 0 Å². The second-order valence-electron chi connectivity index (χ2n) is 2.30. The lowest BCUT2D eigenvalue weighted by atomic mass is 10.3. The maximum atomic E-state index is 11.0. The summed E-state index contributed by atoms with van der Waals surface area (Å²) in [5, 5.41) is 0.921. The Hall–Kier alpha value is -1.11. The molecule has 0 aliphatic carbocycles. The van der Waals surface area contributed by atoms with Crippen LogP contribution in [0.5, 0.6) is 0 Å². The standard InChI is InChI=1S/C7H9BrN4O/c8-5-2-1-3-6(4-5)12(10)7(13)11-9/h1-4H,9-10H2,(H,11,13). The maximum absolute atomic E-state index is 11.0. The molecule has 70 valence electrons. The summed E-state index contributed by atoms with van der Waals surface area (Å²) < 4.78 is 0.838. The molecule has 0 unspecified atom stereocenters. The Balaban J connectivity index is 2.88. The van der Waals surface area contributed by atoms with Gasteiger partial charge < -0.3 is 0 Å². The second-order valence-corrected chi connectivity index (χ2v) is 3.22. The van der Waals surface area contributed by atoms with E-state index in [4.69, 9.17) is 11.7 Å². The molecular weight excluding hydrogens is 236 g/mol. The van der Waals surface area contributed by atoms with Crippen molar-refractivity contribution in [1.82, 2.24) is 5.43 Å². The quantitative estimate of drug-likeness (QED) is 0.387. The number of hydrogen-bond donors (Lipinski definition) is 3. The van der Waals surface area contributed by atoms with Gasteiger partial charge in [0.05, 0.1) is 5.69 Å². The number of hydrogen-bond acceptors (Lipinski definition) is 3. The number of benzene rings is 1. The first-order valence-corrected chi connectivity index (χ1v) is 4.25. The van der Waals surface area contributed by atoms with E-state index >= 15 is 0 Å².